The van der Waals surface area contributed by atoms with Crippen molar-refractivity contribution in [1.82, 2.24) is 5.32 Å². The van der Waals surface area contributed by atoms with Crippen LogP contribution in [0.4, 0.5) is 0 Å². The number of halogens is 1. The van der Waals surface area contributed by atoms with Gasteiger partial charge in [-0.3, -0.25) is 4.79 Å². The highest BCUT2D eigenvalue weighted by Gasteiger charge is 2.07. The minimum atomic E-state index is 0.0126. The monoisotopic (exact) mass is 287 g/mol. The van der Waals surface area contributed by atoms with Gasteiger partial charge in [-0.05, 0) is 36.6 Å². The third-order valence-corrected chi connectivity index (χ3v) is 3.66. The summed E-state index contributed by atoms with van der Waals surface area (Å²) in [7, 11) is 0. The molecule has 0 unspecified atom stereocenters. The number of benzene rings is 2. The van der Waals surface area contributed by atoms with Crippen LogP contribution in [-0.4, -0.2) is 5.91 Å². The van der Waals surface area contributed by atoms with Gasteiger partial charge in [-0.1, -0.05) is 53.6 Å². The van der Waals surface area contributed by atoms with Gasteiger partial charge in [0.1, 0.15) is 0 Å². The van der Waals surface area contributed by atoms with Crippen LogP contribution in [-0.2, 0) is 17.8 Å². The van der Waals surface area contributed by atoms with E-state index in [-0.39, 0.29) is 5.91 Å². The van der Waals surface area contributed by atoms with Crippen molar-refractivity contribution >= 4 is 17.5 Å². The Hall–Kier alpha value is -1.80. The maximum absolute atomic E-state index is 12.0. The molecule has 0 saturated carbocycles. The van der Waals surface area contributed by atoms with Gasteiger partial charge in [-0.2, -0.15) is 0 Å². The maximum atomic E-state index is 12.0. The van der Waals surface area contributed by atoms with Crippen molar-refractivity contribution in [2.45, 2.75) is 26.8 Å². The molecular formula is C17H18ClNO. The second kappa shape index (κ2) is 6.58. The Morgan fingerprint density at radius 3 is 2.60 bits per heavy atom. The van der Waals surface area contributed by atoms with E-state index in [1.54, 1.807) is 0 Å². The van der Waals surface area contributed by atoms with E-state index in [4.69, 9.17) is 11.6 Å². The minimum Gasteiger partial charge on any atom is -0.352 e. The lowest BCUT2D eigenvalue weighted by Crippen LogP contribution is -2.25. The molecule has 3 heteroatoms. The van der Waals surface area contributed by atoms with Gasteiger partial charge < -0.3 is 5.32 Å². The van der Waals surface area contributed by atoms with Crippen LogP contribution >= 0.6 is 11.6 Å². The highest BCUT2D eigenvalue weighted by Crippen LogP contribution is 2.15. The average Bonchev–Trinajstić information content (AvgIpc) is 2.42. The topological polar surface area (TPSA) is 29.1 Å². The molecule has 0 aliphatic carbocycles. The highest BCUT2D eigenvalue weighted by molar-refractivity contribution is 6.31. The first-order valence-electron chi connectivity index (χ1n) is 6.62. The van der Waals surface area contributed by atoms with E-state index in [1.165, 1.54) is 5.56 Å². The van der Waals surface area contributed by atoms with Crippen molar-refractivity contribution in [3.63, 3.8) is 0 Å². The molecule has 0 bridgehead atoms. The predicted molar refractivity (Wildman–Crippen MR) is 82.9 cm³/mol. The van der Waals surface area contributed by atoms with E-state index >= 15 is 0 Å². The van der Waals surface area contributed by atoms with Crippen molar-refractivity contribution < 1.29 is 4.79 Å². The van der Waals surface area contributed by atoms with Crippen molar-refractivity contribution in [3.8, 4) is 0 Å². The second-order valence-corrected chi connectivity index (χ2v) is 5.38. The van der Waals surface area contributed by atoms with E-state index in [0.717, 1.165) is 16.7 Å². The zero-order valence-corrected chi connectivity index (χ0v) is 12.5. The lowest BCUT2D eigenvalue weighted by Gasteiger charge is -2.09. The molecule has 0 saturated heterocycles. The predicted octanol–water partition coefficient (Wildman–Crippen LogP) is 3.82. The van der Waals surface area contributed by atoms with Gasteiger partial charge in [0.25, 0.3) is 0 Å². The molecule has 0 aliphatic heterocycles. The van der Waals surface area contributed by atoms with Crippen LogP contribution in [0.3, 0.4) is 0 Å². The summed E-state index contributed by atoms with van der Waals surface area (Å²) in [5.41, 5.74) is 4.32. The van der Waals surface area contributed by atoms with E-state index in [2.05, 4.69) is 17.4 Å². The standard InChI is InChI=1S/C17H18ClNO/c1-12-7-8-13(2)15(9-12)10-17(20)19-11-14-5-3-4-6-16(14)18/h3-9H,10-11H2,1-2H3,(H,19,20). The van der Waals surface area contributed by atoms with Gasteiger partial charge in [0.15, 0.2) is 0 Å². The van der Waals surface area contributed by atoms with Gasteiger partial charge >= 0.3 is 0 Å². The molecule has 0 spiro atoms. The molecule has 0 fully saturated rings. The Kier molecular flexibility index (Phi) is 4.80. The summed E-state index contributed by atoms with van der Waals surface area (Å²) in [4.78, 5) is 12.0. The first-order valence-corrected chi connectivity index (χ1v) is 7.00. The molecule has 0 radical (unpaired) electrons. The summed E-state index contributed by atoms with van der Waals surface area (Å²) in [5, 5.41) is 3.59. The SMILES string of the molecule is Cc1ccc(C)c(CC(=O)NCc2ccccc2Cl)c1. The fourth-order valence-corrected chi connectivity index (χ4v) is 2.26. The highest BCUT2D eigenvalue weighted by atomic mass is 35.5. The number of amides is 1. The Labute approximate surface area is 124 Å². The average molecular weight is 288 g/mol. The van der Waals surface area contributed by atoms with Gasteiger partial charge in [-0.25, -0.2) is 0 Å². The zero-order valence-electron chi connectivity index (χ0n) is 11.7. The Morgan fingerprint density at radius 1 is 1.10 bits per heavy atom. The maximum Gasteiger partial charge on any atom is 0.224 e. The summed E-state index contributed by atoms with van der Waals surface area (Å²) >= 11 is 6.06. The van der Waals surface area contributed by atoms with Crippen LogP contribution in [0.15, 0.2) is 42.5 Å². The number of nitrogens with one attached hydrogen (secondary N) is 1. The van der Waals surface area contributed by atoms with Gasteiger partial charge in [-0.15, -0.1) is 0 Å². The Balaban J connectivity index is 1.96. The molecule has 2 nitrogen and oxygen atoms in total. The van der Waals surface area contributed by atoms with Crippen LogP contribution in [0.25, 0.3) is 0 Å². The molecule has 2 aromatic rings. The van der Waals surface area contributed by atoms with Crippen LogP contribution in [0.2, 0.25) is 5.02 Å². The van der Waals surface area contributed by atoms with E-state index in [1.807, 2.05) is 44.2 Å². The molecule has 0 aliphatic rings. The molecule has 2 rings (SSSR count). The van der Waals surface area contributed by atoms with E-state index in [9.17, 15) is 4.79 Å². The van der Waals surface area contributed by atoms with Crippen LogP contribution in [0.1, 0.15) is 22.3 Å². The lowest BCUT2D eigenvalue weighted by atomic mass is 10.0. The Bertz CT molecular complexity index is 622. The number of rotatable bonds is 4. The molecule has 1 N–H and O–H groups in total. The fourth-order valence-electron chi connectivity index (χ4n) is 2.06. The van der Waals surface area contributed by atoms with Crippen LogP contribution < -0.4 is 5.32 Å². The lowest BCUT2D eigenvalue weighted by molar-refractivity contribution is -0.120. The summed E-state index contributed by atoms with van der Waals surface area (Å²) < 4.78 is 0. The van der Waals surface area contributed by atoms with Gasteiger partial charge in [0.2, 0.25) is 5.91 Å². The summed E-state index contributed by atoms with van der Waals surface area (Å²) in [6.07, 6.45) is 0.401. The van der Waals surface area contributed by atoms with Crippen molar-refractivity contribution in [1.29, 1.82) is 0 Å². The molecular weight excluding hydrogens is 270 g/mol. The van der Waals surface area contributed by atoms with Gasteiger partial charge in [0.05, 0.1) is 6.42 Å². The third-order valence-electron chi connectivity index (χ3n) is 3.29. The smallest absolute Gasteiger partial charge is 0.224 e. The summed E-state index contributed by atoms with van der Waals surface area (Å²) in [5.74, 6) is 0.0126. The molecule has 0 aromatic heterocycles. The molecule has 20 heavy (non-hydrogen) atoms. The number of hydrogen-bond donors (Lipinski definition) is 1. The first kappa shape index (κ1) is 14.6. The number of aryl methyl sites for hydroxylation is 2. The number of hydrogen-bond acceptors (Lipinski definition) is 1. The number of carbonyl (C=O) groups is 1. The van der Waals surface area contributed by atoms with E-state index < -0.39 is 0 Å². The normalized spacial score (nSPS) is 10.3. The van der Waals surface area contributed by atoms with Crippen molar-refractivity contribution in [2.24, 2.45) is 0 Å². The molecule has 104 valence electrons. The number of carbonyl (C=O) groups excluding carboxylic acids is 1. The Morgan fingerprint density at radius 2 is 1.85 bits per heavy atom. The van der Waals surface area contributed by atoms with Crippen LogP contribution in [0, 0.1) is 13.8 Å². The second-order valence-electron chi connectivity index (χ2n) is 4.97. The summed E-state index contributed by atoms with van der Waals surface area (Å²) in [6, 6.07) is 13.7. The van der Waals surface area contributed by atoms with Crippen molar-refractivity contribution in [3.05, 3.63) is 69.7 Å². The quantitative estimate of drug-likeness (QED) is 0.910. The molecule has 1 amide bonds. The fraction of sp³-hybridized carbons (Fsp3) is 0.235. The first-order chi connectivity index (χ1) is 9.56. The van der Waals surface area contributed by atoms with Crippen LogP contribution in [0.5, 0.6) is 0 Å². The van der Waals surface area contributed by atoms with Gasteiger partial charge in [0, 0.05) is 11.6 Å². The van der Waals surface area contributed by atoms with Crippen molar-refractivity contribution in [2.75, 3.05) is 0 Å². The molecule has 2 aromatic carbocycles. The minimum absolute atomic E-state index is 0.0126. The largest absolute Gasteiger partial charge is 0.352 e. The molecule has 0 heterocycles. The zero-order chi connectivity index (χ0) is 14.5. The summed E-state index contributed by atoms with van der Waals surface area (Å²) in [6.45, 7) is 4.52. The molecule has 0 atom stereocenters. The third kappa shape index (κ3) is 3.84. The van der Waals surface area contributed by atoms with E-state index in [0.29, 0.717) is 18.0 Å².